The maximum atomic E-state index is 13.3. The summed E-state index contributed by atoms with van der Waals surface area (Å²) in [5.41, 5.74) is 1.57. The number of cyclic esters (lactones) is 1. The second kappa shape index (κ2) is 10.0. The van der Waals surface area contributed by atoms with E-state index >= 15 is 0 Å². The standard InChI is InChI=1S/C30H42O7/c1-7-18(3)26(33)36-24-23-20(15-31)10-9-11-21(23)28(5)12-13-30(14-22(32)35-17-30)16-29(28,6)25(24)37-27(34)19(4)8-2/h7-8,21,24-25,31H,9-17H2,1-6H3/b18-7+,19-8+/t21-,24+,25-,28+,29-,30+/m0/s1. The molecule has 0 radical (unpaired) electrons. The highest BCUT2D eigenvalue weighted by Gasteiger charge is 2.68. The summed E-state index contributed by atoms with van der Waals surface area (Å²) in [7, 11) is 0. The Bertz CT molecular complexity index is 1070. The molecule has 37 heavy (non-hydrogen) atoms. The molecule has 3 aliphatic carbocycles. The molecule has 1 N–H and O–H groups in total. The summed E-state index contributed by atoms with van der Waals surface area (Å²) >= 11 is 0. The zero-order chi connectivity index (χ0) is 27.2. The van der Waals surface area contributed by atoms with Gasteiger partial charge in [0.05, 0.1) is 19.6 Å². The van der Waals surface area contributed by atoms with E-state index in [9.17, 15) is 19.5 Å². The number of allylic oxidation sites excluding steroid dienone is 2. The van der Waals surface area contributed by atoms with E-state index in [1.54, 1.807) is 39.8 Å². The summed E-state index contributed by atoms with van der Waals surface area (Å²) in [5, 5.41) is 10.4. The molecular weight excluding hydrogens is 472 g/mol. The van der Waals surface area contributed by atoms with Crippen LogP contribution in [0, 0.1) is 22.2 Å². The Morgan fingerprint density at radius 2 is 1.70 bits per heavy atom. The van der Waals surface area contributed by atoms with Crippen LogP contribution in [0.4, 0.5) is 0 Å². The number of hydrogen-bond acceptors (Lipinski definition) is 7. The molecule has 7 nitrogen and oxygen atoms in total. The van der Waals surface area contributed by atoms with E-state index in [0.29, 0.717) is 30.6 Å². The van der Waals surface area contributed by atoms with Crippen LogP contribution in [-0.2, 0) is 28.6 Å². The first kappa shape index (κ1) is 27.6. The molecule has 0 amide bonds. The summed E-state index contributed by atoms with van der Waals surface area (Å²) in [6.07, 6.45) is 7.09. The Hall–Kier alpha value is -2.41. The second-order valence-corrected chi connectivity index (χ2v) is 12.1. The maximum absolute atomic E-state index is 13.3. The molecule has 7 heteroatoms. The SMILES string of the molecule is C/C=C(\C)C(=O)O[C@@H]1C2=C(CO)CCC[C@@H]2[C@@]2(C)CC[C@]3(COC(=O)C3)C[C@@]2(C)[C@H]1OC(=O)/C(C)=C/C. The zero-order valence-electron chi connectivity index (χ0n) is 23.1. The number of fused-ring (bicyclic) bond motifs is 3. The van der Waals surface area contributed by atoms with Crippen molar-refractivity contribution in [2.75, 3.05) is 13.2 Å². The Balaban J connectivity index is 1.91. The number of carbonyl (C=O) groups excluding carboxylic acids is 3. The van der Waals surface area contributed by atoms with Gasteiger partial charge in [-0.1, -0.05) is 26.0 Å². The van der Waals surface area contributed by atoms with E-state index in [1.165, 1.54) is 0 Å². The molecule has 1 aliphatic heterocycles. The Kier molecular flexibility index (Phi) is 7.50. The van der Waals surface area contributed by atoms with Crippen LogP contribution in [0.2, 0.25) is 0 Å². The minimum Gasteiger partial charge on any atom is -0.465 e. The normalized spacial score (nSPS) is 38.1. The van der Waals surface area contributed by atoms with Gasteiger partial charge in [0, 0.05) is 22.0 Å². The van der Waals surface area contributed by atoms with Gasteiger partial charge in [-0.05, 0) is 88.7 Å². The van der Waals surface area contributed by atoms with E-state index in [0.717, 1.165) is 43.3 Å². The highest BCUT2D eigenvalue weighted by atomic mass is 16.6. The second-order valence-electron chi connectivity index (χ2n) is 12.1. The maximum Gasteiger partial charge on any atom is 0.334 e. The summed E-state index contributed by atoms with van der Waals surface area (Å²) in [6, 6.07) is 0. The lowest BCUT2D eigenvalue weighted by Crippen LogP contribution is -2.66. The number of rotatable bonds is 5. The highest BCUT2D eigenvalue weighted by molar-refractivity contribution is 5.89. The molecule has 4 rings (SSSR count). The van der Waals surface area contributed by atoms with E-state index in [4.69, 9.17) is 14.2 Å². The largest absolute Gasteiger partial charge is 0.465 e. The van der Waals surface area contributed by atoms with Crippen molar-refractivity contribution in [2.45, 2.75) is 98.7 Å². The zero-order valence-corrected chi connectivity index (χ0v) is 23.1. The van der Waals surface area contributed by atoms with Crippen LogP contribution in [0.3, 0.4) is 0 Å². The lowest BCUT2D eigenvalue weighted by Gasteiger charge is -2.66. The smallest absolute Gasteiger partial charge is 0.334 e. The van der Waals surface area contributed by atoms with Gasteiger partial charge in [-0.2, -0.15) is 0 Å². The van der Waals surface area contributed by atoms with Crippen molar-refractivity contribution in [3.8, 4) is 0 Å². The molecule has 6 atom stereocenters. The highest BCUT2D eigenvalue weighted by Crippen LogP contribution is 2.69. The molecule has 0 aromatic rings. The van der Waals surface area contributed by atoms with Crippen LogP contribution in [0.15, 0.2) is 34.4 Å². The van der Waals surface area contributed by atoms with Crippen LogP contribution < -0.4 is 0 Å². The van der Waals surface area contributed by atoms with Gasteiger partial charge in [-0.3, -0.25) is 4.79 Å². The number of hydrogen-bond donors (Lipinski definition) is 1. The summed E-state index contributed by atoms with van der Waals surface area (Å²) in [5.74, 6) is -1.01. The van der Waals surface area contributed by atoms with Gasteiger partial charge in [0.15, 0.2) is 6.10 Å². The lowest BCUT2D eigenvalue weighted by molar-refractivity contribution is -0.221. The molecule has 0 aromatic carbocycles. The molecule has 0 bridgehead atoms. The molecule has 1 spiro atoms. The van der Waals surface area contributed by atoms with Crippen LogP contribution in [0.1, 0.15) is 86.5 Å². The first-order chi connectivity index (χ1) is 17.4. The van der Waals surface area contributed by atoms with Gasteiger partial charge in [-0.15, -0.1) is 0 Å². The quantitative estimate of drug-likeness (QED) is 0.239. The molecule has 4 aliphatic rings. The Morgan fingerprint density at radius 1 is 1.05 bits per heavy atom. The van der Waals surface area contributed by atoms with Gasteiger partial charge >= 0.3 is 17.9 Å². The fraction of sp³-hybridized carbons (Fsp3) is 0.700. The fourth-order valence-electron chi connectivity index (χ4n) is 7.56. The van der Waals surface area contributed by atoms with Crippen molar-refractivity contribution in [1.82, 2.24) is 0 Å². The van der Waals surface area contributed by atoms with Crippen LogP contribution in [0.25, 0.3) is 0 Å². The monoisotopic (exact) mass is 514 g/mol. The predicted octanol–water partition coefficient (Wildman–Crippen LogP) is 4.97. The van der Waals surface area contributed by atoms with Crippen molar-refractivity contribution in [2.24, 2.45) is 22.2 Å². The topological polar surface area (TPSA) is 99.1 Å². The van der Waals surface area contributed by atoms with Crippen molar-refractivity contribution in [1.29, 1.82) is 0 Å². The average Bonchev–Trinajstić information content (AvgIpc) is 3.25. The predicted molar refractivity (Wildman–Crippen MR) is 138 cm³/mol. The van der Waals surface area contributed by atoms with E-state index in [1.807, 2.05) is 0 Å². The molecule has 0 unspecified atom stereocenters. The number of esters is 3. The third-order valence-electron chi connectivity index (χ3n) is 10.2. The van der Waals surface area contributed by atoms with E-state index in [-0.39, 0.29) is 29.3 Å². The molecule has 1 saturated heterocycles. The lowest BCUT2D eigenvalue weighted by atomic mass is 9.40. The van der Waals surface area contributed by atoms with Crippen LogP contribution in [0.5, 0.6) is 0 Å². The number of aliphatic hydroxyl groups excluding tert-OH is 1. The van der Waals surface area contributed by atoms with Crippen molar-refractivity contribution in [3.63, 3.8) is 0 Å². The minimum atomic E-state index is -0.810. The summed E-state index contributed by atoms with van der Waals surface area (Å²) in [4.78, 5) is 38.7. The van der Waals surface area contributed by atoms with Gasteiger partial charge in [0.25, 0.3) is 0 Å². The first-order valence-electron chi connectivity index (χ1n) is 13.6. The molecule has 3 fully saturated rings. The number of carbonyl (C=O) groups is 3. The molecule has 204 valence electrons. The van der Waals surface area contributed by atoms with E-state index in [2.05, 4.69) is 13.8 Å². The van der Waals surface area contributed by atoms with E-state index < -0.39 is 29.6 Å². The van der Waals surface area contributed by atoms with Crippen LogP contribution >= 0.6 is 0 Å². The van der Waals surface area contributed by atoms with Crippen LogP contribution in [-0.4, -0.2) is 48.4 Å². The Morgan fingerprint density at radius 3 is 2.27 bits per heavy atom. The van der Waals surface area contributed by atoms with Gasteiger partial charge in [0.2, 0.25) is 0 Å². The van der Waals surface area contributed by atoms with Gasteiger partial charge < -0.3 is 19.3 Å². The first-order valence-corrected chi connectivity index (χ1v) is 13.6. The minimum absolute atomic E-state index is 0.0743. The molecule has 1 heterocycles. The summed E-state index contributed by atoms with van der Waals surface area (Å²) in [6.45, 7) is 11.7. The van der Waals surface area contributed by atoms with Crippen molar-refractivity contribution in [3.05, 3.63) is 34.4 Å². The third kappa shape index (κ3) is 4.47. The number of aliphatic hydroxyl groups is 1. The average molecular weight is 515 g/mol. The van der Waals surface area contributed by atoms with Crippen molar-refractivity contribution >= 4 is 17.9 Å². The van der Waals surface area contributed by atoms with Gasteiger partial charge in [0.1, 0.15) is 6.10 Å². The molecule has 0 aromatic heterocycles. The fourth-order valence-corrected chi connectivity index (χ4v) is 7.56. The van der Waals surface area contributed by atoms with Crippen molar-refractivity contribution < 1.29 is 33.7 Å². The molecular formula is C30H42O7. The molecule has 2 saturated carbocycles. The summed E-state index contributed by atoms with van der Waals surface area (Å²) < 4.78 is 18.0. The number of ether oxygens (including phenoxy) is 3. The van der Waals surface area contributed by atoms with Gasteiger partial charge in [-0.25, -0.2) is 9.59 Å². The third-order valence-corrected chi connectivity index (χ3v) is 10.2. The Labute approximate surface area is 220 Å².